The monoisotopic (exact) mass is 300 g/mol. The molecule has 0 saturated carbocycles. The molecule has 0 fully saturated rings. The Hall–Kier alpha value is -3.07. The zero-order chi connectivity index (χ0) is 15.5. The molecule has 9 nitrogen and oxygen atoms in total. The number of para-hydroxylation sites is 2. The first-order valence-corrected chi connectivity index (χ1v) is 6.48. The van der Waals surface area contributed by atoms with E-state index in [9.17, 15) is 9.59 Å². The Morgan fingerprint density at radius 1 is 1.23 bits per heavy atom. The molecule has 0 radical (unpaired) electrons. The topological polar surface area (TPSA) is 113 Å². The van der Waals surface area contributed by atoms with Crippen LogP contribution in [0.4, 0.5) is 5.69 Å². The second-order valence-electron chi connectivity index (χ2n) is 4.47. The standard InChI is InChI=1S/C13H12N6O3/c20-6-5-18-12(21)7-10(13(18)22)15-9-3-1-2-4-11(9)19-8-14-16-17-19/h1-4,7-8,15,20H,5-6H2. The SMILES string of the molecule is O=C1C=C(Nc2ccccc2-n2cnnn2)C(=O)N1CCO. The number of anilines is 1. The number of β-amino-alcohol motifs (C(OH)–C–C–N with tert-alkyl or cyclic N) is 1. The lowest BCUT2D eigenvalue weighted by atomic mass is 10.2. The van der Waals surface area contributed by atoms with Crippen molar-refractivity contribution >= 4 is 17.5 Å². The fourth-order valence-electron chi connectivity index (χ4n) is 2.11. The van der Waals surface area contributed by atoms with Crippen LogP contribution < -0.4 is 5.32 Å². The molecule has 1 aliphatic rings. The average molecular weight is 300 g/mol. The average Bonchev–Trinajstić information content (AvgIpc) is 3.13. The van der Waals surface area contributed by atoms with Gasteiger partial charge in [0.05, 0.1) is 24.5 Å². The molecule has 2 amide bonds. The molecule has 22 heavy (non-hydrogen) atoms. The number of aliphatic hydroxyl groups is 1. The number of carbonyl (C=O) groups excluding carboxylic acids is 2. The maximum absolute atomic E-state index is 12.1. The number of benzene rings is 1. The van der Waals surface area contributed by atoms with E-state index in [1.807, 2.05) is 0 Å². The number of nitrogens with one attached hydrogen (secondary N) is 1. The van der Waals surface area contributed by atoms with Crippen LogP contribution in [0.5, 0.6) is 0 Å². The fourth-order valence-corrected chi connectivity index (χ4v) is 2.11. The Kier molecular flexibility index (Phi) is 3.62. The number of carbonyl (C=O) groups is 2. The summed E-state index contributed by atoms with van der Waals surface area (Å²) in [4.78, 5) is 24.8. The van der Waals surface area contributed by atoms with Gasteiger partial charge in [0, 0.05) is 6.08 Å². The van der Waals surface area contributed by atoms with Crippen molar-refractivity contribution in [2.75, 3.05) is 18.5 Å². The lowest BCUT2D eigenvalue weighted by Crippen LogP contribution is -2.34. The van der Waals surface area contributed by atoms with Crippen LogP contribution in [0.3, 0.4) is 0 Å². The van der Waals surface area contributed by atoms with E-state index in [4.69, 9.17) is 5.11 Å². The summed E-state index contributed by atoms with van der Waals surface area (Å²) >= 11 is 0. The molecule has 1 aromatic carbocycles. The van der Waals surface area contributed by atoms with Crippen LogP contribution in [-0.4, -0.2) is 55.2 Å². The normalized spacial score (nSPS) is 14.4. The number of nitrogens with zero attached hydrogens (tertiary/aromatic N) is 5. The molecule has 2 heterocycles. The summed E-state index contributed by atoms with van der Waals surface area (Å²) in [5, 5.41) is 22.7. The number of hydrogen-bond donors (Lipinski definition) is 2. The smallest absolute Gasteiger partial charge is 0.277 e. The number of aromatic nitrogens is 4. The van der Waals surface area contributed by atoms with E-state index in [1.54, 1.807) is 24.3 Å². The first-order chi connectivity index (χ1) is 10.7. The third kappa shape index (κ3) is 2.44. The van der Waals surface area contributed by atoms with Crippen molar-refractivity contribution in [2.24, 2.45) is 0 Å². The number of aliphatic hydroxyl groups excluding tert-OH is 1. The Morgan fingerprint density at radius 2 is 2.05 bits per heavy atom. The summed E-state index contributed by atoms with van der Waals surface area (Å²) < 4.78 is 1.44. The number of imide groups is 1. The Bertz CT molecular complexity index is 740. The van der Waals surface area contributed by atoms with Gasteiger partial charge in [-0.25, -0.2) is 0 Å². The molecule has 0 unspecified atom stereocenters. The first-order valence-electron chi connectivity index (χ1n) is 6.48. The molecule has 0 aliphatic carbocycles. The highest BCUT2D eigenvalue weighted by Gasteiger charge is 2.30. The minimum Gasteiger partial charge on any atom is -0.395 e. The largest absolute Gasteiger partial charge is 0.395 e. The van der Waals surface area contributed by atoms with Gasteiger partial charge < -0.3 is 10.4 Å². The number of amides is 2. The maximum atomic E-state index is 12.1. The first kappa shape index (κ1) is 13.9. The summed E-state index contributed by atoms with van der Waals surface area (Å²) in [6, 6.07) is 7.09. The highest BCUT2D eigenvalue weighted by molar-refractivity contribution is 6.17. The van der Waals surface area contributed by atoms with Crippen LogP contribution in [0.15, 0.2) is 42.4 Å². The van der Waals surface area contributed by atoms with E-state index < -0.39 is 11.8 Å². The molecular formula is C13H12N6O3. The molecule has 9 heteroatoms. The Labute approximate surface area is 124 Å². The molecule has 0 spiro atoms. The van der Waals surface area contributed by atoms with Crippen molar-refractivity contribution in [3.63, 3.8) is 0 Å². The summed E-state index contributed by atoms with van der Waals surface area (Å²) in [6.07, 6.45) is 2.63. The quantitative estimate of drug-likeness (QED) is 0.703. The molecule has 0 atom stereocenters. The maximum Gasteiger partial charge on any atom is 0.277 e. The van der Waals surface area contributed by atoms with Crippen molar-refractivity contribution in [1.29, 1.82) is 0 Å². The molecule has 2 aromatic rings. The molecule has 0 saturated heterocycles. The van der Waals surface area contributed by atoms with Gasteiger partial charge in [-0.15, -0.1) is 5.10 Å². The molecule has 0 bridgehead atoms. The van der Waals surface area contributed by atoms with Crippen LogP contribution in [0.2, 0.25) is 0 Å². The highest BCUT2D eigenvalue weighted by Crippen LogP contribution is 2.22. The molecule has 1 aliphatic heterocycles. The number of hydrogen-bond acceptors (Lipinski definition) is 7. The predicted molar refractivity (Wildman–Crippen MR) is 74.7 cm³/mol. The summed E-state index contributed by atoms with van der Waals surface area (Å²) in [5.74, 6) is -0.938. The zero-order valence-electron chi connectivity index (χ0n) is 11.4. The molecular weight excluding hydrogens is 288 g/mol. The fraction of sp³-hybridized carbons (Fsp3) is 0.154. The second kappa shape index (κ2) is 5.74. The summed E-state index contributed by atoms with van der Waals surface area (Å²) in [5.41, 5.74) is 1.35. The van der Waals surface area contributed by atoms with Crippen LogP contribution in [0, 0.1) is 0 Å². The predicted octanol–water partition coefficient (Wildman–Crippen LogP) is -0.681. The van der Waals surface area contributed by atoms with Crippen LogP contribution in [0.25, 0.3) is 5.69 Å². The van der Waals surface area contributed by atoms with Gasteiger partial charge in [0.1, 0.15) is 12.0 Å². The van der Waals surface area contributed by atoms with Gasteiger partial charge in [-0.05, 0) is 22.6 Å². The van der Waals surface area contributed by atoms with Gasteiger partial charge in [-0.2, -0.15) is 4.68 Å². The Morgan fingerprint density at radius 3 is 2.77 bits per heavy atom. The van der Waals surface area contributed by atoms with E-state index in [2.05, 4.69) is 20.8 Å². The van der Waals surface area contributed by atoms with Crippen molar-refractivity contribution in [3.05, 3.63) is 42.4 Å². The minimum absolute atomic E-state index is 0.0337. The van der Waals surface area contributed by atoms with E-state index in [-0.39, 0.29) is 18.8 Å². The van der Waals surface area contributed by atoms with Crippen LogP contribution in [-0.2, 0) is 9.59 Å². The van der Waals surface area contributed by atoms with E-state index >= 15 is 0 Å². The summed E-state index contributed by atoms with van der Waals surface area (Å²) in [7, 11) is 0. The number of rotatable bonds is 5. The van der Waals surface area contributed by atoms with Crippen LogP contribution >= 0.6 is 0 Å². The molecule has 1 aromatic heterocycles. The van der Waals surface area contributed by atoms with Gasteiger partial charge in [0.25, 0.3) is 11.8 Å². The minimum atomic E-state index is -0.481. The number of tetrazole rings is 1. The second-order valence-corrected chi connectivity index (χ2v) is 4.47. The van der Waals surface area contributed by atoms with Crippen molar-refractivity contribution in [2.45, 2.75) is 0 Å². The van der Waals surface area contributed by atoms with Gasteiger partial charge in [-0.1, -0.05) is 12.1 Å². The third-order valence-electron chi connectivity index (χ3n) is 3.10. The highest BCUT2D eigenvalue weighted by atomic mass is 16.3. The lowest BCUT2D eigenvalue weighted by Gasteiger charge is -2.14. The van der Waals surface area contributed by atoms with Gasteiger partial charge in [0.15, 0.2) is 0 Å². The van der Waals surface area contributed by atoms with Crippen molar-refractivity contribution in [3.8, 4) is 5.69 Å². The molecule has 2 N–H and O–H groups in total. The Balaban J connectivity index is 1.88. The van der Waals surface area contributed by atoms with Gasteiger partial charge in [-0.3, -0.25) is 14.5 Å². The van der Waals surface area contributed by atoms with Crippen molar-refractivity contribution < 1.29 is 14.7 Å². The third-order valence-corrected chi connectivity index (χ3v) is 3.10. The van der Waals surface area contributed by atoms with E-state index in [1.165, 1.54) is 17.1 Å². The van der Waals surface area contributed by atoms with E-state index in [0.29, 0.717) is 11.4 Å². The zero-order valence-corrected chi connectivity index (χ0v) is 11.4. The van der Waals surface area contributed by atoms with Crippen LogP contribution in [0.1, 0.15) is 0 Å². The summed E-state index contributed by atoms with van der Waals surface area (Å²) in [6.45, 7) is -0.312. The van der Waals surface area contributed by atoms with Gasteiger partial charge in [0.2, 0.25) is 0 Å². The molecule has 3 rings (SSSR count). The van der Waals surface area contributed by atoms with Crippen molar-refractivity contribution in [1.82, 2.24) is 25.1 Å². The van der Waals surface area contributed by atoms with E-state index in [0.717, 1.165) is 4.90 Å². The molecule has 112 valence electrons. The lowest BCUT2D eigenvalue weighted by molar-refractivity contribution is -0.137. The van der Waals surface area contributed by atoms with Gasteiger partial charge >= 0.3 is 0 Å².